The van der Waals surface area contributed by atoms with Gasteiger partial charge in [0.1, 0.15) is 11.3 Å². The number of methoxy groups -OCH3 is 1. The van der Waals surface area contributed by atoms with Crippen LogP contribution in [0, 0.1) is 12.8 Å². The lowest BCUT2D eigenvalue weighted by atomic mass is 9.66. The molecule has 3 aromatic rings. The van der Waals surface area contributed by atoms with Crippen molar-refractivity contribution in [3.63, 3.8) is 0 Å². The van der Waals surface area contributed by atoms with E-state index in [0.717, 1.165) is 42.2 Å². The Labute approximate surface area is 209 Å². The third kappa shape index (κ3) is 4.34. The van der Waals surface area contributed by atoms with Crippen molar-refractivity contribution in [2.75, 3.05) is 13.7 Å². The summed E-state index contributed by atoms with van der Waals surface area (Å²) in [7, 11) is 1.56. The fourth-order valence-corrected chi connectivity index (χ4v) is 6.12. The molecule has 184 valence electrons. The van der Waals surface area contributed by atoms with Gasteiger partial charge in [0.15, 0.2) is 0 Å². The molecule has 2 aromatic carbocycles. The number of benzene rings is 2. The molecule has 2 heterocycles. The van der Waals surface area contributed by atoms with Crippen LogP contribution in [0.25, 0.3) is 11.0 Å². The van der Waals surface area contributed by atoms with E-state index >= 15 is 0 Å². The fourth-order valence-electron chi connectivity index (χ4n) is 5.99. The van der Waals surface area contributed by atoms with E-state index in [1.165, 1.54) is 0 Å². The first-order chi connectivity index (χ1) is 16.8. The summed E-state index contributed by atoms with van der Waals surface area (Å²) in [4.78, 5) is 28.5. The molecule has 2 unspecified atom stereocenters. The van der Waals surface area contributed by atoms with Crippen LogP contribution in [0.15, 0.2) is 51.7 Å². The third-order valence-corrected chi connectivity index (χ3v) is 8.17. The molecule has 3 atom stereocenters. The number of hydrogen-bond donors (Lipinski definition) is 1. The van der Waals surface area contributed by atoms with Crippen molar-refractivity contribution < 1.29 is 19.1 Å². The van der Waals surface area contributed by atoms with E-state index in [4.69, 9.17) is 20.8 Å². The minimum absolute atomic E-state index is 0.0502. The summed E-state index contributed by atoms with van der Waals surface area (Å²) in [6.45, 7) is 2.29. The van der Waals surface area contributed by atoms with Gasteiger partial charge >= 0.3 is 5.63 Å². The Morgan fingerprint density at radius 1 is 1.20 bits per heavy atom. The van der Waals surface area contributed by atoms with Gasteiger partial charge in [-0.25, -0.2) is 4.79 Å². The molecule has 0 bridgehead atoms. The molecule has 1 saturated heterocycles. The third-order valence-electron chi connectivity index (χ3n) is 7.92. The Hall–Kier alpha value is -2.83. The first kappa shape index (κ1) is 23.9. The molecule has 1 aliphatic heterocycles. The number of hydrogen-bond acceptors (Lipinski definition) is 5. The second kappa shape index (κ2) is 9.32. The SMILES string of the molecule is COc1ccc2c(C)c(CC(=O)N3CCC4(O)CCCCC4[C@@H]3c3ccc(Cl)cc3)c(=O)oc2c1. The molecule has 2 aliphatic rings. The number of ether oxygens (including phenoxy) is 1. The van der Waals surface area contributed by atoms with E-state index in [-0.39, 0.29) is 24.3 Å². The van der Waals surface area contributed by atoms with Crippen molar-refractivity contribution >= 4 is 28.5 Å². The zero-order chi connectivity index (χ0) is 24.7. The molecule has 7 heteroatoms. The lowest BCUT2D eigenvalue weighted by molar-refractivity contribution is -0.154. The molecule has 0 spiro atoms. The van der Waals surface area contributed by atoms with Gasteiger partial charge in [0, 0.05) is 28.9 Å². The number of nitrogens with zero attached hydrogens (tertiary/aromatic N) is 1. The molecular weight excluding hydrogens is 466 g/mol. The molecule has 2 fully saturated rings. The maximum atomic E-state index is 13.8. The van der Waals surface area contributed by atoms with Crippen LogP contribution in [0.1, 0.15) is 54.8 Å². The number of fused-ring (bicyclic) bond motifs is 2. The minimum atomic E-state index is -0.781. The predicted octanol–water partition coefficient (Wildman–Crippen LogP) is 5.20. The molecule has 6 nitrogen and oxygen atoms in total. The highest BCUT2D eigenvalue weighted by atomic mass is 35.5. The largest absolute Gasteiger partial charge is 0.497 e. The standard InChI is InChI=1S/C28H30ClNO5/c1-17-21-11-10-20(34-2)15-24(21)35-27(32)22(17)16-25(31)30-14-13-28(33)12-4-3-5-23(28)26(30)18-6-8-19(29)9-7-18/h6-11,15,23,26,33H,3-5,12-14,16H2,1-2H3/t23?,26-,28?/m0/s1. The van der Waals surface area contributed by atoms with Crippen LogP contribution < -0.4 is 10.4 Å². The van der Waals surface area contributed by atoms with Gasteiger partial charge in [-0.05, 0) is 61.6 Å². The summed E-state index contributed by atoms with van der Waals surface area (Å²) in [6.07, 6.45) is 4.11. The first-order valence-electron chi connectivity index (χ1n) is 12.2. The van der Waals surface area contributed by atoms with Crippen LogP contribution in [-0.2, 0) is 11.2 Å². The number of aliphatic hydroxyl groups is 1. The number of likely N-dealkylation sites (tertiary alicyclic amines) is 1. The van der Waals surface area contributed by atoms with Gasteiger partial charge < -0.3 is 19.2 Å². The normalized spacial score (nSPS) is 24.3. The number of piperidine rings is 1. The monoisotopic (exact) mass is 495 g/mol. The lowest BCUT2D eigenvalue weighted by Gasteiger charge is -2.52. The number of amides is 1. The average molecular weight is 496 g/mol. The average Bonchev–Trinajstić information content (AvgIpc) is 2.85. The second-order valence-corrected chi connectivity index (χ2v) is 10.3. The summed E-state index contributed by atoms with van der Waals surface area (Å²) < 4.78 is 10.8. The molecule has 1 amide bonds. The Kier molecular flexibility index (Phi) is 6.36. The van der Waals surface area contributed by atoms with Crippen molar-refractivity contribution in [3.05, 3.63) is 74.6 Å². The summed E-state index contributed by atoms with van der Waals surface area (Å²) in [5.74, 6) is 0.403. The Bertz CT molecular complexity index is 1320. The maximum Gasteiger partial charge on any atom is 0.340 e. The first-order valence-corrected chi connectivity index (χ1v) is 12.6. The molecule has 35 heavy (non-hydrogen) atoms. The van der Waals surface area contributed by atoms with Crippen molar-refractivity contribution in [2.45, 2.75) is 57.1 Å². The summed E-state index contributed by atoms with van der Waals surface area (Å²) in [5.41, 5.74) is 1.21. The zero-order valence-electron chi connectivity index (χ0n) is 20.1. The van der Waals surface area contributed by atoms with Gasteiger partial charge in [0.2, 0.25) is 5.91 Å². The minimum Gasteiger partial charge on any atom is -0.497 e. The summed E-state index contributed by atoms with van der Waals surface area (Å²) in [5, 5.41) is 12.9. The highest BCUT2D eigenvalue weighted by Gasteiger charge is 2.50. The van der Waals surface area contributed by atoms with Crippen molar-refractivity contribution in [3.8, 4) is 5.75 Å². The zero-order valence-corrected chi connectivity index (χ0v) is 20.8. The van der Waals surface area contributed by atoms with Gasteiger partial charge in [-0.2, -0.15) is 0 Å². The van der Waals surface area contributed by atoms with Gasteiger partial charge in [-0.15, -0.1) is 0 Å². The van der Waals surface area contributed by atoms with Crippen LogP contribution in [0.2, 0.25) is 5.02 Å². The van der Waals surface area contributed by atoms with Crippen LogP contribution in [0.5, 0.6) is 5.75 Å². The van der Waals surface area contributed by atoms with E-state index in [2.05, 4.69) is 0 Å². The number of halogens is 1. The summed E-state index contributed by atoms with van der Waals surface area (Å²) in [6, 6.07) is 12.6. The second-order valence-electron chi connectivity index (χ2n) is 9.82. The number of aryl methyl sites for hydroxylation is 1. The van der Waals surface area contributed by atoms with E-state index in [9.17, 15) is 14.7 Å². The molecule has 1 N–H and O–H groups in total. The van der Waals surface area contributed by atoms with E-state index in [1.54, 1.807) is 13.2 Å². The smallest absolute Gasteiger partial charge is 0.340 e. The molecule has 1 aromatic heterocycles. The highest BCUT2D eigenvalue weighted by Crippen LogP contribution is 2.49. The predicted molar refractivity (Wildman–Crippen MR) is 135 cm³/mol. The van der Waals surface area contributed by atoms with Gasteiger partial charge in [0.05, 0.1) is 30.7 Å². The van der Waals surface area contributed by atoms with Crippen LogP contribution in [0.4, 0.5) is 0 Å². The number of carbonyl (C=O) groups excluding carboxylic acids is 1. The van der Waals surface area contributed by atoms with Gasteiger partial charge in [0.25, 0.3) is 0 Å². The Morgan fingerprint density at radius 3 is 2.71 bits per heavy atom. The van der Waals surface area contributed by atoms with E-state index < -0.39 is 11.2 Å². The van der Waals surface area contributed by atoms with Crippen LogP contribution in [0.3, 0.4) is 0 Å². The Morgan fingerprint density at radius 2 is 1.97 bits per heavy atom. The van der Waals surface area contributed by atoms with Crippen LogP contribution in [-0.4, -0.2) is 35.2 Å². The topological polar surface area (TPSA) is 80.0 Å². The lowest BCUT2D eigenvalue weighted by Crippen LogP contribution is -2.56. The number of rotatable bonds is 4. The summed E-state index contributed by atoms with van der Waals surface area (Å²) >= 11 is 6.14. The Balaban J connectivity index is 1.50. The van der Waals surface area contributed by atoms with Crippen molar-refractivity contribution in [1.82, 2.24) is 4.90 Å². The molecule has 5 rings (SSSR count). The quantitative estimate of drug-likeness (QED) is 0.503. The van der Waals surface area contributed by atoms with Gasteiger partial charge in [-0.3, -0.25) is 4.79 Å². The molecular formula is C28H30ClNO5. The maximum absolute atomic E-state index is 13.8. The van der Waals surface area contributed by atoms with Crippen LogP contribution >= 0.6 is 11.6 Å². The van der Waals surface area contributed by atoms with Gasteiger partial charge in [-0.1, -0.05) is 36.6 Å². The molecule has 1 aliphatic carbocycles. The van der Waals surface area contributed by atoms with E-state index in [0.29, 0.717) is 34.9 Å². The van der Waals surface area contributed by atoms with Crippen molar-refractivity contribution in [2.24, 2.45) is 5.92 Å². The highest BCUT2D eigenvalue weighted by molar-refractivity contribution is 6.30. The van der Waals surface area contributed by atoms with Crippen molar-refractivity contribution in [1.29, 1.82) is 0 Å². The molecule has 0 radical (unpaired) electrons. The van der Waals surface area contributed by atoms with E-state index in [1.807, 2.05) is 48.2 Å². The number of carbonyl (C=O) groups is 1. The molecule has 1 saturated carbocycles. The fraction of sp³-hybridized carbons (Fsp3) is 0.429.